The molecule has 1 aromatic carbocycles. The summed E-state index contributed by atoms with van der Waals surface area (Å²) >= 11 is 0. The van der Waals surface area contributed by atoms with Crippen LogP contribution in [0.4, 0.5) is 32.4 Å². The van der Waals surface area contributed by atoms with Gasteiger partial charge in [0.05, 0.1) is 29.2 Å². The Labute approximate surface area is 203 Å². The van der Waals surface area contributed by atoms with Gasteiger partial charge in [-0.2, -0.15) is 13.2 Å². The molecule has 3 aliphatic heterocycles. The zero-order chi connectivity index (χ0) is 25.8. The first-order chi connectivity index (χ1) is 17.0. The fraction of sp³-hybridized carbons (Fsp3) is 0.500. The summed E-state index contributed by atoms with van der Waals surface area (Å²) in [6, 6.07) is 0.339. The van der Waals surface area contributed by atoms with Crippen LogP contribution in [-0.2, 0) is 11.0 Å². The summed E-state index contributed by atoms with van der Waals surface area (Å²) in [5.74, 6) is -2.22. The lowest BCUT2D eigenvalue weighted by atomic mass is 9.64. The third kappa shape index (κ3) is 4.26. The van der Waals surface area contributed by atoms with Gasteiger partial charge in [0.2, 0.25) is 5.91 Å². The molecule has 0 radical (unpaired) electrons. The summed E-state index contributed by atoms with van der Waals surface area (Å²) in [5, 5.41) is 2.43. The van der Waals surface area contributed by atoms with Crippen molar-refractivity contribution >= 4 is 17.6 Å². The Morgan fingerprint density at radius 3 is 2.56 bits per heavy atom. The van der Waals surface area contributed by atoms with Crippen LogP contribution in [-0.4, -0.2) is 56.4 Å². The number of aromatic nitrogens is 2. The van der Waals surface area contributed by atoms with Gasteiger partial charge in [0, 0.05) is 31.1 Å². The summed E-state index contributed by atoms with van der Waals surface area (Å²) in [6.07, 6.45) is -0.187. The van der Waals surface area contributed by atoms with E-state index in [1.165, 1.54) is 0 Å². The first-order valence-electron chi connectivity index (χ1n) is 11.7. The molecule has 192 valence electrons. The lowest BCUT2D eigenvalue weighted by Crippen LogP contribution is -2.75. The van der Waals surface area contributed by atoms with Crippen molar-refractivity contribution in [1.82, 2.24) is 19.8 Å². The summed E-state index contributed by atoms with van der Waals surface area (Å²) in [6.45, 7) is 3.07. The molecule has 1 aromatic heterocycles. The Balaban J connectivity index is 1.45. The van der Waals surface area contributed by atoms with E-state index in [1.54, 1.807) is 9.80 Å². The fourth-order valence-corrected chi connectivity index (χ4v) is 6.00. The molecule has 2 bridgehead atoms. The standard InChI is InChI=1S/C24H24F5N5O2/c1-13-5-15-9-23(8-13,12-33-4-2-3-20(33)35)34(15)22(36)32-19-6-16(21-30-10-14(25)11-31-21)17(7-18(19)26)24(27,28)29/h6-7,10-11,13,15H,2-5,8-9,12H2,1H3,(H,32,36)/t13-,15+,23-/m1/s1. The number of halogens is 5. The number of nitrogens with zero attached hydrogens (tertiary/aromatic N) is 4. The Morgan fingerprint density at radius 1 is 1.19 bits per heavy atom. The van der Waals surface area contributed by atoms with Crippen LogP contribution in [0.1, 0.15) is 44.6 Å². The molecule has 3 atom stereocenters. The topological polar surface area (TPSA) is 78.4 Å². The molecule has 1 aliphatic carbocycles. The van der Waals surface area contributed by atoms with Gasteiger partial charge in [-0.15, -0.1) is 0 Å². The maximum Gasteiger partial charge on any atom is 0.417 e. The maximum atomic E-state index is 14.8. The largest absolute Gasteiger partial charge is 0.417 e. The number of nitrogens with one attached hydrogen (secondary N) is 1. The number of rotatable bonds is 4. The van der Waals surface area contributed by atoms with E-state index in [9.17, 15) is 31.5 Å². The second kappa shape index (κ2) is 8.67. The van der Waals surface area contributed by atoms with Gasteiger partial charge in [-0.05, 0) is 43.7 Å². The average Bonchev–Trinajstić information content (AvgIpc) is 3.18. The minimum absolute atomic E-state index is 0.0316. The van der Waals surface area contributed by atoms with Crippen LogP contribution in [0.5, 0.6) is 0 Å². The summed E-state index contributed by atoms with van der Waals surface area (Å²) in [5.41, 5.74) is -3.00. The molecular weight excluding hydrogens is 485 g/mol. The number of piperidine rings is 1. The maximum absolute atomic E-state index is 14.8. The number of carbonyl (C=O) groups is 2. The molecule has 4 heterocycles. The van der Waals surface area contributed by atoms with Gasteiger partial charge in [0.15, 0.2) is 11.6 Å². The van der Waals surface area contributed by atoms with E-state index in [1.807, 2.05) is 0 Å². The molecule has 0 spiro atoms. The van der Waals surface area contributed by atoms with E-state index < -0.39 is 52.0 Å². The second-order valence-corrected chi connectivity index (χ2v) is 9.95. The van der Waals surface area contributed by atoms with E-state index in [4.69, 9.17) is 0 Å². The molecular formula is C24H24F5N5O2. The van der Waals surface area contributed by atoms with Crippen molar-refractivity contribution in [3.05, 3.63) is 41.7 Å². The summed E-state index contributed by atoms with van der Waals surface area (Å²) in [4.78, 5) is 36.1. The highest BCUT2D eigenvalue weighted by Gasteiger charge is 2.59. The quantitative estimate of drug-likeness (QED) is 0.599. The number of hydrogen-bond acceptors (Lipinski definition) is 4. The van der Waals surface area contributed by atoms with Gasteiger partial charge in [-0.1, -0.05) is 6.92 Å². The summed E-state index contributed by atoms with van der Waals surface area (Å²) < 4.78 is 68.9. The molecule has 36 heavy (non-hydrogen) atoms. The minimum atomic E-state index is -4.94. The molecule has 4 fully saturated rings. The highest BCUT2D eigenvalue weighted by Crippen LogP contribution is 2.51. The van der Waals surface area contributed by atoms with Crippen molar-refractivity contribution in [3.63, 3.8) is 0 Å². The van der Waals surface area contributed by atoms with Gasteiger partial charge in [-0.25, -0.2) is 23.5 Å². The number of fused-ring (bicyclic) bond motifs is 2. The van der Waals surface area contributed by atoms with Crippen molar-refractivity contribution in [1.29, 1.82) is 0 Å². The number of hydrogen-bond donors (Lipinski definition) is 1. The third-order valence-electron chi connectivity index (χ3n) is 7.29. The lowest BCUT2D eigenvalue weighted by molar-refractivity contribution is -0.138. The zero-order valence-corrected chi connectivity index (χ0v) is 19.4. The second-order valence-electron chi connectivity index (χ2n) is 9.95. The molecule has 3 saturated heterocycles. The van der Waals surface area contributed by atoms with Crippen molar-refractivity contribution in [2.75, 3.05) is 18.4 Å². The number of carbonyl (C=O) groups excluding carboxylic acids is 2. The number of amides is 3. The number of urea groups is 1. The normalized spacial score (nSPS) is 25.7. The monoisotopic (exact) mass is 509 g/mol. The van der Waals surface area contributed by atoms with Crippen LogP contribution in [0.2, 0.25) is 0 Å². The predicted molar refractivity (Wildman–Crippen MR) is 119 cm³/mol. The van der Waals surface area contributed by atoms with Gasteiger partial charge < -0.3 is 15.1 Å². The zero-order valence-electron chi connectivity index (χ0n) is 19.4. The molecule has 7 nitrogen and oxygen atoms in total. The molecule has 2 aromatic rings. The van der Waals surface area contributed by atoms with Crippen molar-refractivity contribution in [2.24, 2.45) is 5.92 Å². The highest BCUT2D eigenvalue weighted by molar-refractivity contribution is 5.92. The number of anilines is 1. The van der Waals surface area contributed by atoms with Gasteiger partial charge in [-0.3, -0.25) is 4.79 Å². The first-order valence-corrected chi connectivity index (χ1v) is 11.7. The SMILES string of the molecule is C[C@@H]1C[C@H]2C[C@@](CN3CCCC3=O)(C1)N2C(=O)Nc1cc(-c2ncc(F)cn2)c(C(F)(F)F)cc1F. The van der Waals surface area contributed by atoms with E-state index in [-0.39, 0.29) is 18.0 Å². The van der Waals surface area contributed by atoms with Crippen LogP contribution in [0, 0.1) is 17.6 Å². The Morgan fingerprint density at radius 2 is 1.92 bits per heavy atom. The molecule has 1 N–H and O–H groups in total. The first kappa shape index (κ1) is 24.4. The van der Waals surface area contributed by atoms with Gasteiger partial charge in [0.1, 0.15) is 5.82 Å². The number of likely N-dealkylation sites (tertiary alicyclic amines) is 1. The minimum Gasteiger partial charge on any atom is -0.340 e. The van der Waals surface area contributed by atoms with Crippen molar-refractivity contribution in [3.8, 4) is 11.4 Å². The van der Waals surface area contributed by atoms with E-state index in [2.05, 4.69) is 22.2 Å². The number of alkyl halides is 3. The third-order valence-corrected chi connectivity index (χ3v) is 7.29. The lowest BCUT2D eigenvalue weighted by Gasteiger charge is -2.64. The average molecular weight is 509 g/mol. The van der Waals surface area contributed by atoms with Crippen LogP contribution in [0.25, 0.3) is 11.4 Å². The molecule has 6 rings (SSSR count). The van der Waals surface area contributed by atoms with Crippen LogP contribution in [0.3, 0.4) is 0 Å². The highest BCUT2D eigenvalue weighted by atomic mass is 19.4. The molecule has 3 amide bonds. The molecule has 0 unspecified atom stereocenters. The molecule has 12 heteroatoms. The number of benzene rings is 1. The Bertz CT molecular complexity index is 1200. The predicted octanol–water partition coefficient (Wildman–Crippen LogP) is 4.84. The van der Waals surface area contributed by atoms with Gasteiger partial charge >= 0.3 is 12.2 Å². The fourth-order valence-electron chi connectivity index (χ4n) is 6.00. The van der Waals surface area contributed by atoms with Crippen molar-refractivity contribution < 1.29 is 31.5 Å². The molecule has 1 saturated carbocycles. The summed E-state index contributed by atoms with van der Waals surface area (Å²) in [7, 11) is 0. The van der Waals surface area contributed by atoms with Crippen LogP contribution < -0.4 is 5.32 Å². The van der Waals surface area contributed by atoms with E-state index >= 15 is 0 Å². The van der Waals surface area contributed by atoms with Gasteiger partial charge in [0.25, 0.3) is 0 Å². The Hall–Kier alpha value is -3.31. The Kier molecular flexibility index (Phi) is 5.87. The molecule has 4 aliphatic rings. The smallest absolute Gasteiger partial charge is 0.340 e. The van der Waals surface area contributed by atoms with E-state index in [0.29, 0.717) is 50.7 Å². The van der Waals surface area contributed by atoms with Crippen molar-refractivity contribution in [2.45, 2.75) is 56.8 Å². The van der Waals surface area contributed by atoms with Crippen LogP contribution >= 0.6 is 0 Å². The van der Waals surface area contributed by atoms with Crippen LogP contribution in [0.15, 0.2) is 24.5 Å². The van der Waals surface area contributed by atoms with E-state index in [0.717, 1.165) is 18.9 Å².